The van der Waals surface area contributed by atoms with E-state index in [9.17, 15) is 0 Å². The Bertz CT molecular complexity index is 1170. The van der Waals surface area contributed by atoms with Gasteiger partial charge in [-0.3, -0.25) is 4.57 Å². The van der Waals surface area contributed by atoms with E-state index in [1.165, 1.54) is 0 Å². The predicted molar refractivity (Wildman–Crippen MR) is 133 cm³/mol. The van der Waals surface area contributed by atoms with Gasteiger partial charge in [0.25, 0.3) is 0 Å². The van der Waals surface area contributed by atoms with Crippen molar-refractivity contribution < 1.29 is 18.9 Å². The molecule has 0 amide bonds. The predicted octanol–water partition coefficient (Wildman–Crippen LogP) is 5.60. The van der Waals surface area contributed by atoms with Gasteiger partial charge in [-0.1, -0.05) is 30.0 Å². The van der Waals surface area contributed by atoms with E-state index >= 15 is 0 Å². The summed E-state index contributed by atoms with van der Waals surface area (Å²) in [6, 6.07) is 25.1. The molecule has 4 aromatic rings. The van der Waals surface area contributed by atoms with Crippen LogP contribution in [0.4, 0.5) is 0 Å². The van der Waals surface area contributed by atoms with Crippen LogP contribution in [0.3, 0.4) is 0 Å². The number of hydrogen-bond donors (Lipinski definition) is 0. The molecular formula is C26H27N3O4S. The fourth-order valence-corrected chi connectivity index (χ4v) is 4.11. The number of methoxy groups -OCH3 is 2. The lowest BCUT2D eigenvalue weighted by Gasteiger charge is -2.17. The maximum absolute atomic E-state index is 6.15. The number of ether oxygens (including phenoxy) is 4. The van der Waals surface area contributed by atoms with Gasteiger partial charge in [-0.2, -0.15) is 0 Å². The molecule has 0 saturated carbocycles. The minimum Gasteiger partial charge on any atom is -0.497 e. The second-order valence-corrected chi connectivity index (χ2v) is 8.38. The highest BCUT2D eigenvalue weighted by Crippen LogP contribution is 2.28. The third-order valence-corrected chi connectivity index (χ3v) is 5.94. The van der Waals surface area contributed by atoms with Crippen LogP contribution in [0.15, 0.2) is 84.0 Å². The van der Waals surface area contributed by atoms with Crippen molar-refractivity contribution in [2.75, 3.05) is 26.6 Å². The normalized spacial score (nSPS) is 11.6. The summed E-state index contributed by atoms with van der Waals surface area (Å²) in [6.07, 6.45) is -0.314. The number of thioether (sulfide) groups is 1. The molecule has 1 atom stereocenters. The van der Waals surface area contributed by atoms with Crippen molar-refractivity contribution in [1.82, 2.24) is 14.8 Å². The summed E-state index contributed by atoms with van der Waals surface area (Å²) in [5.41, 5.74) is 0.978. The molecule has 0 aliphatic rings. The summed E-state index contributed by atoms with van der Waals surface area (Å²) in [7, 11) is 3.29. The Labute approximate surface area is 203 Å². The second kappa shape index (κ2) is 11.5. The summed E-state index contributed by atoms with van der Waals surface area (Å²) >= 11 is 1.59. The highest BCUT2D eigenvalue weighted by Gasteiger charge is 2.21. The van der Waals surface area contributed by atoms with Crippen molar-refractivity contribution in [3.05, 3.63) is 84.7 Å². The fraction of sp³-hybridized carbons (Fsp3) is 0.231. The number of rotatable bonds is 11. The minimum absolute atomic E-state index is 0.314. The maximum Gasteiger partial charge on any atom is 0.196 e. The Morgan fingerprint density at radius 1 is 0.765 bits per heavy atom. The Morgan fingerprint density at radius 3 is 1.97 bits per heavy atom. The van der Waals surface area contributed by atoms with Crippen LogP contribution in [0, 0.1) is 0 Å². The summed E-state index contributed by atoms with van der Waals surface area (Å²) in [5, 5.41) is 9.70. The average Bonchev–Trinajstić information content (AvgIpc) is 3.32. The van der Waals surface area contributed by atoms with Gasteiger partial charge in [0.2, 0.25) is 0 Å². The van der Waals surface area contributed by atoms with E-state index in [1.54, 1.807) is 26.0 Å². The lowest BCUT2D eigenvalue weighted by atomic mass is 10.3. The summed E-state index contributed by atoms with van der Waals surface area (Å²) < 4.78 is 24.5. The molecule has 7 nitrogen and oxygen atoms in total. The van der Waals surface area contributed by atoms with Crippen LogP contribution in [0.2, 0.25) is 0 Å². The monoisotopic (exact) mass is 477 g/mol. The molecule has 0 N–H and O–H groups in total. The Balaban J connectivity index is 1.46. The van der Waals surface area contributed by atoms with E-state index in [-0.39, 0.29) is 6.10 Å². The zero-order valence-electron chi connectivity index (χ0n) is 19.4. The molecule has 176 valence electrons. The van der Waals surface area contributed by atoms with Gasteiger partial charge in [-0.15, -0.1) is 10.2 Å². The van der Waals surface area contributed by atoms with Crippen LogP contribution in [-0.4, -0.2) is 41.3 Å². The number of benzene rings is 3. The van der Waals surface area contributed by atoms with Crippen LogP contribution in [-0.2, 0) is 0 Å². The van der Waals surface area contributed by atoms with E-state index in [0.717, 1.165) is 39.7 Å². The zero-order chi connectivity index (χ0) is 23.8. The van der Waals surface area contributed by atoms with Crippen LogP contribution < -0.4 is 18.9 Å². The quantitative estimate of drug-likeness (QED) is 0.206. The minimum atomic E-state index is -0.314. The fourth-order valence-electron chi connectivity index (χ4n) is 3.33. The summed E-state index contributed by atoms with van der Waals surface area (Å²) in [4.78, 5) is 0. The van der Waals surface area contributed by atoms with Gasteiger partial charge >= 0.3 is 0 Å². The van der Waals surface area contributed by atoms with Crippen LogP contribution >= 0.6 is 11.8 Å². The molecule has 0 radical (unpaired) electrons. The zero-order valence-corrected chi connectivity index (χ0v) is 20.2. The van der Waals surface area contributed by atoms with Crippen molar-refractivity contribution in [3.8, 4) is 28.7 Å². The highest BCUT2D eigenvalue weighted by molar-refractivity contribution is 7.99. The topological polar surface area (TPSA) is 67.6 Å². The highest BCUT2D eigenvalue weighted by atomic mass is 32.2. The van der Waals surface area contributed by atoms with Crippen molar-refractivity contribution in [2.45, 2.75) is 18.2 Å². The second-order valence-electron chi connectivity index (χ2n) is 7.32. The van der Waals surface area contributed by atoms with Gasteiger partial charge in [0.1, 0.15) is 23.0 Å². The van der Waals surface area contributed by atoms with Gasteiger partial charge < -0.3 is 18.9 Å². The number of nitrogens with zero attached hydrogens (tertiary/aromatic N) is 3. The Morgan fingerprint density at radius 2 is 1.35 bits per heavy atom. The molecule has 0 saturated heterocycles. The van der Waals surface area contributed by atoms with Crippen molar-refractivity contribution >= 4 is 11.8 Å². The third-order valence-electron chi connectivity index (χ3n) is 5.05. The first-order valence-electron chi connectivity index (χ1n) is 10.9. The Hall–Kier alpha value is -3.65. The summed E-state index contributed by atoms with van der Waals surface area (Å²) in [5.74, 6) is 4.55. The van der Waals surface area contributed by atoms with Gasteiger partial charge in [0.05, 0.1) is 20.8 Å². The van der Waals surface area contributed by atoms with Gasteiger partial charge in [-0.25, -0.2) is 0 Å². The SMILES string of the molecule is COc1ccc(OCCSc2nnc(C(C)Oc3ccc(OC)cc3)n2-c2ccccc2)cc1. The van der Waals surface area contributed by atoms with Crippen molar-refractivity contribution in [2.24, 2.45) is 0 Å². The van der Waals surface area contributed by atoms with Crippen LogP contribution in [0.1, 0.15) is 18.9 Å². The Kier molecular flexibility index (Phi) is 7.93. The lowest BCUT2D eigenvalue weighted by molar-refractivity contribution is 0.213. The molecule has 1 heterocycles. The van der Waals surface area contributed by atoms with E-state index in [1.807, 2.05) is 90.4 Å². The standard InChI is InChI=1S/C26H27N3O4S/c1-19(33-24-15-11-22(31-3)12-16-24)25-27-28-26(29(25)20-7-5-4-6-8-20)34-18-17-32-23-13-9-21(30-2)10-14-23/h4-16,19H,17-18H2,1-3H3. The molecule has 3 aromatic carbocycles. The molecule has 0 fully saturated rings. The van der Waals surface area contributed by atoms with Crippen molar-refractivity contribution in [1.29, 1.82) is 0 Å². The average molecular weight is 478 g/mol. The molecule has 0 spiro atoms. The van der Waals surface area contributed by atoms with E-state index in [0.29, 0.717) is 12.4 Å². The molecule has 8 heteroatoms. The third kappa shape index (κ3) is 5.82. The number of aromatic nitrogens is 3. The molecular weight excluding hydrogens is 450 g/mol. The first-order chi connectivity index (χ1) is 16.7. The molecule has 4 rings (SSSR count). The smallest absolute Gasteiger partial charge is 0.196 e. The maximum atomic E-state index is 6.15. The summed E-state index contributed by atoms with van der Waals surface area (Å²) in [6.45, 7) is 2.50. The molecule has 0 aliphatic heterocycles. The van der Waals surface area contributed by atoms with E-state index in [2.05, 4.69) is 10.2 Å². The van der Waals surface area contributed by atoms with Gasteiger partial charge in [-0.05, 0) is 67.6 Å². The van der Waals surface area contributed by atoms with E-state index < -0.39 is 0 Å². The number of hydrogen-bond acceptors (Lipinski definition) is 7. The molecule has 0 aliphatic carbocycles. The first kappa shape index (κ1) is 23.5. The van der Waals surface area contributed by atoms with Gasteiger partial charge in [0, 0.05) is 11.4 Å². The lowest BCUT2D eigenvalue weighted by Crippen LogP contribution is -2.11. The molecule has 0 bridgehead atoms. The van der Waals surface area contributed by atoms with Crippen LogP contribution in [0.5, 0.6) is 23.0 Å². The largest absolute Gasteiger partial charge is 0.497 e. The van der Waals surface area contributed by atoms with Crippen molar-refractivity contribution in [3.63, 3.8) is 0 Å². The number of para-hydroxylation sites is 1. The molecule has 34 heavy (non-hydrogen) atoms. The van der Waals surface area contributed by atoms with E-state index in [4.69, 9.17) is 18.9 Å². The first-order valence-corrected chi connectivity index (χ1v) is 11.9. The molecule has 1 aromatic heterocycles. The molecule has 1 unspecified atom stereocenters. The van der Waals surface area contributed by atoms with Crippen LogP contribution in [0.25, 0.3) is 5.69 Å². The van der Waals surface area contributed by atoms with Gasteiger partial charge in [0.15, 0.2) is 17.1 Å².